The van der Waals surface area contributed by atoms with Crippen molar-refractivity contribution in [3.63, 3.8) is 0 Å². The van der Waals surface area contributed by atoms with E-state index in [-0.39, 0.29) is 12.5 Å². The molecule has 1 aromatic carbocycles. The number of carbonyl (C=O) groups is 2. The van der Waals surface area contributed by atoms with Gasteiger partial charge in [-0.25, -0.2) is 4.68 Å². The van der Waals surface area contributed by atoms with Crippen molar-refractivity contribution in [1.29, 1.82) is 0 Å². The van der Waals surface area contributed by atoms with E-state index in [1.54, 1.807) is 0 Å². The van der Waals surface area contributed by atoms with E-state index in [2.05, 4.69) is 10.4 Å². The number of amides is 2. The lowest BCUT2D eigenvalue weighted by atomic mass is 10.1. The Kier molecular flexibility index (Phi) is 4.93. The van der Waals surface area contributed by atoms with E-state index >= 15 is 0 Å². The minimum atomic E-state index is -0.544. The van der Waals surface area contributed by atoms with Crippen LogP contribution in [0.1, 0.15) is 23.4 Å². The smallest absolute Gasteiger partial charge is 0.236 e. The van der Waals surface area contributed by atoms with Gasteiger partial charge in [0.15, 0.2) is 0 Å². The van der Waals surface area contributed by atoms with Crippen molar-refractivity contribution < 1.29 is 9.59 Å². The fraction of sp³-hybridized carbons (Fsp3) is 0.312. The minimum Gasteiger partial charge on any atom is -0.368 e. The highest BCUT2D eigenvalue weighted by molar-refractivity contribution is 5.83. The van der Waals surface area contributed by atoms with Crippen LogP contribution in [-0.4, -0.2) is 28.1 Å². The monoisotopic (exact) mass is 300 g/mol. The number of para-hydroxylation sites is 1. The predicted molar refractivity (Wildman–Crippen MR) is 83.6 cm³/mol. The highest BCUT2D eigenvalue weighted by Crippen LogP contribution is 2.19. The normalized spacial score (nSPS) is 10.5. The maximum atomic E-state index is 11.7. The molecular formula is C16H20N4O2. The van der Waals surface area contributed by atoms with Gasteiger partial charge in [0.1, 0.15) is 0 Å². The molecule has 2 aromatic rings. The van der Waals surface area contributed by atoms with Gasteiger partial charge in [0, 0.05) is 12.1 Å². The van der Waals surface area contributed by atoms with E-state index in [9.17, 15) is 9.59 Å². The lowest BCUT2D eigenvalue weighted by molar-refractivity contribution is -0.124. The molecule has 0 atom stereocenters. The number of rotatable bonds is 6. The van der Waals surface area contributed by atoms with Crippen molar-refractivity contribution in [2.75, 3.05) is 6.54 Å². The average molecular weight is 300 g/mol. The van der Waals surface area contributed by atoms with Crippen LogP contribution in [0.2, 0.25) is 0 Å². The quantitative estimate of drug-likeness (QED) is 0.834. The molecule has 0 radical (unpaired) electrons. The van der Waals surface area contributed by atoms with E-state index in [1.165, 1.54) is 0 Å². The number of primary amides is 1. The Labute approximate surface area is 129 Å². The molecule has 0 fully saturated rings. The standard InChI is InChI=1S/C16H20N4O2/c1-11-14(8-9-16(22)18-10-15(17)21)12(2)20(19-11)13-6-4-3-5-7-13/h3-7H,8-10H2,1-2H3,(H2,17,21)(H,18,22). The second kappa shape index (κ2) is 6.89. The second-order valence-electron chi connectivity index (χ2n) is 5.14. The molecule has 0 unspecified atom stereocenters. The molecule has 6 heteroatoms. The second-order valence-corrected chi connectivity index (χ2v) is 5.14. The third kappa shape index (κ3) is 3.72. The highest BCUT2D eigenvalue weighted by Gasteiger charge is 2.14. The number of nitrogens with one attached hydrogen (secondary N) is 1. The Balaban J connectivity index is 2.08. The Bertz CT molecular complexity index is 677. The molecule has 0 aliphatic rings. The maximum absolute atomic E-state index is 11.7. The highest BCUT2D eigenvalue weighted by atomic mass is 16.2. The zero-order chi connectivity index (χ0) is 16.1. The van der Waals surface area contributed by atoms with Crippen LogP contribution in [0.25, 0.3) is 5.69 Å². The van der Waals surface area contributed by atoms with Crippen molar-refractivity contribution in [2.45, 2.75) is 26.7 Å². The van der Waals surface area contributed by atoms with Crippen molar-refractivity contribution in [3.8, 4) is 5.69 Å². The first-order chi connectivity index (χ1) is 10.5. The van der Waals surface area contributed by atoms with Crippen LogP contribution in [0.15, 0.2) is 30.3 Å². The third-order valence-electron chi connectivity index (χ3n) is 3.50. The summed E-state index contributed by atoms with van der Waals surface area (Å²) in [6.07, 6.45) is 0.880. The van der Waals surface area contributed by atoms with Crippen LogP contribution >= 0.6 is 0 Å². The van der Waals surface area contributed by atoms with Gasteiger partial charge in [0.05, 0.1) is 17.9 Å². The summed E-state index contributed by atoms with van der Waals surface area (Å²) in [4.78, 5) is 22.3. The molecule has 1 heterocycles. The molecule has 0 aliphatic carbocycles. The van der Waals surface area contributed by atoms with Gasteiger partial charge in [0.2, 0.25) is 11.8 Å². The van der Waals surface area contributed by atoms with Gasteiger partial charge in [-0.2, -0.15) is 5.10 Å². The summed E-state index contributed by atoms with van der Waals surface area (Å²) < 4.78 is 1.88. The van der Waals surface area contributed by atoms with Crippen molar-refractivity contribution >= 4 is 11.8 Å². The molecular weight excluding hydrogens is 280 g/mol. The molecule has 2 rings (SSSR count). The molecule has 1 aromatic heterocycles. The summed E-state index contributed by atoms with van der Waals surface area (Å²) in [5, 5.41) is 7.03. The van der Waals surface area contributed by atoms with Gasteiger partial charge < -0.3 is 11.1 Å². The van der Waals surface area contributed by atoms with Crippen molar-refractivity contribution in [1.82, 2.24) is 15.1 Å². The summed E-state index contributed by atoms with van der Waals surface area (Å²) in [7, 11) is 0. The van der Waals surface area contributed by atoms with Crippen molar-refractivity contribution in [3.05, 3.63) is 47.3 Å². The fourth-order valence-electron chi connectivity index (χ4n) is 2.37. The molecule has 22 heavy (non-hydrogen) atoms. The number of aromatic nitrogens is 2. The van der Waals surface area contributed by atoms with E-state index < -0.39 is 5.91 Å². The van der Waals surface area contributed by atoms with Gasteiger partial charge >= 0.3 is 0 Å². The van der Waals surface area contributed by atoms with Crippen LogP contribution in [0.3, 0.4) is 0 Å². The first kappa shape index (κ1) is 15.8. The van der Waals surface area contributed by atoms with E-state index in [0.29, 0.717) is 12.8 Å². The van der Waals surface area contributed by atoms with Crippen molar-refractivity contribution in [2.24, 2.45) is 5.73 Å². The Morgan fingerprint density at radius 3 is 2.55 bits per heavy atom. The summed E-state index contributed by atoms with van der Waals surface area (Å²) in [6, 6.07) is 9.86. The number of hydrogen-bond acceptors (Lipinski definition) is 3. The lowest BCUT2D eigenvalue weighted by Gasteiger charge is -2.06. The predicted octanol–water partition coefficient (Wildman–Crippen LogP) is 1.02. The summed E-state index contributed by atoms with van der Waals surface area (Å²) in [6.45, 7) is 3.80. The topological polar surface area (TPSA) is 90.0 Å². The molecule has 0 aliphatic heterocycles. The van der Waals surface area contributed by atoms with Crippen LogP contribution < -0.4 is 11.1 Å². The zero-order valence-corrected chi connectivity index (χ0v) is 12.8. The Morgan fingerprint density at radius 1 is 1.23 bits per heavy atom. The van der Waals surface area contributed by atoms with Crippen LogP contribution in [0, 0.1) is 13.8 Å². The summed E-state index contributed by atoms with van der Waals surface area (Å²) >= 11 is 0. The molecule has 0 saturated heterocycles. The molecule has 116 valence electrons. The first-order valence-corrected chi connectivity index (χ1v) is 7.14. The van der Waals surface area contributed by atoms with E-state index in [0.717, 1.165) is 22.6 Å². The molecule has 0 bridgehead atoms. The van der Waals surface area contributed by atoms with Gasteiger partial charge in [-0.1, -0.05) is 18.2 Å². The number of hydrogen-bond donors (Lipinski definition) is 2. The maximum Gasteiger partial charge on any atom is 0.236 e. The van der Waals surface area contributed by atoms with Gasteiger partial charge in [-0.05, 0) is 38.0 Å². The van der Waals surface area contributed by atoms with E-state index in [1.807, 2.05) is 48.9 Å². The lowest BCUT2D eigenvalue weighted by Crippen LogP contribution is -2.33. The number of benzene rings is 1. The Hall–Kier alpha value is -2.63. The van der Waals surface area contributed by atoms with E-state index in [4.69, 9.17) is 5.73 Å². The fourth-order valence-corrected chi connectivity index (χ4v) is 2.37. The molecule has 3 N–H and O–H groups in total. The van der Waals surface area contributed by atoms with Gasteiger partial charge in [-0.3, -0.25) is 9.59 Å². The molecule has 6 nitrogen and oxygen atoms in total. The van der Waals surface area contributed by atoms with Crippen LogP contribution in [0.4, 0.5) is 0 Å². The first-order valence-electron chi connectivity index (χ1n) is 7.14. The van der Waals surface area contributed by atoms with Gasteiger partial charge in [-0.15, -0.1) is 0 Å². The largest absolute Gasteiger partial charge is 0.368 e. The molecule has 0 spiro atoms. The summed E-state index contributed by atoms with van der Waals surface area (Å²) in [5.41, 5.74) is 8.97. The SMILES string of the molecule is Cc1nn(-c2ccccc2)c(C)c1CCC(=O)NCC(N)=O. The van der Waals surface area contributed by atoms with Crippen LogP contribution in [0.5, 0.6) is 0 Å². The number of aryl methyl sites for hydroxylation is 1. The minimum absolute atomic E-state index is 0.125. The third-order valence-corrected chi connectivity index (χ3v) is 3.50. The zero-order valence-electron chi connectivity index (χ0n) is 12.8. The number of nitrogens with zero attached hydrogens (tertiary/aromatic N) is 2. The van der Waals surface area contributed by atoms with Gasteiger partial charge in [0.25, 0.3) is 0 Å². The van der Waals surface area contributed by atoms with Crippen LogP contribution in [-0.2, 0) is 16.0 Å². The number of nitrogens with two attached hydrogens (primary N) is 1. The molecule has 2 amide bonds. The summed E-state index contributed by atoms with van der Waals surface area (Å²) in [5.74, 6) is -0.734. The Morgan fingerprint density at radius 2 is 1.91 bits per heavy atom. The molecule has 0 saturated carbocycles. The average Bonchev–Trinajstić information content (AvgIpc) is 2.79. The number of carbonyl (C=O) groups excluding carboxylic acids is 2.